The van der Waals surface area contributed by atoms with Crippen LogP contribution in [0.1, 0.15) is 35.3 Å². The highest BCUT2D eigenvalue weighted by atomic mass is 35.5. The van der Waals surface area contributed by atoms with Crippen molar-refractivity contribution in [2.24, 2.45) is 4.99 Å². The van der Waals surface area contributed by atoms with E-state index in [4.69, 9.17) is 16.3 Å². The van der Waals surface area contributed by atoms with Gasteiger partial charge >= 0.3 is 0 Å². The van der Waals surface area contributed by atoms with Crippen molar-refractivity contribution in [2.45, 2.75) is 39.0 Å². The molecule has 1 saturated heterocycles. The maximum absolute atomic E-state index is 6.12. The largest absolute Gasteiger partial charge is 0.373 e. The molecule has 8 heteroatoms. The molecule has 0 aliphatic carbocycles. The zero-order valence-electron chi connectivity index (χ0n) is 17.5. The Morgan fingerprint density at radius 1 is 1.34 bits per heavy atom. The fourth-order valence-electron chi connectivity index (χ4n) is 3.52. The molecule has 1 atom stereocenters. The lowest BCUT2D eigenvalue weighted by Gasteiger charge is -2.42. The van der Waals surface area contributed by atoms with E-state index in [1.165, 1.54) is 10.4 Å². The summed E-state index contributed by atoms with van der Waals surface area (Å²) in [5.74, 6) is 0.768. The quantitative estimate of drug-likeness (QED) is 0.536. The van der Waals surface area contributed by atoms with Crippen LogP contribution in [-0.4, -0.2) is 54.7 Å². The zero-order valence-corrected chi connectivity index (χ0v) is 19.1. The number of ether oxygens (including phenoxy) is 1. The molecule has 0 amide bonds. The third-order valence-electron chi connectivity index (χ3n) is 4.91. The Morgan fingerprint density at radius 3 is 2.72 bits per heavy atom. The summed E-state index contributed by atoms with van der Waals surface area (Å²) in [5.41, 5.74) is 1.07. The summed E-state index contributed by atoms with van der Waals surface area (Å²) in [6.45, 7) is 10.2. The highest BCUT2D eigenvalue weighted by Gasteiger charge is 2.32. The van der Waals surface area contributed by atoms with E-state index in [9.17, 15) is 0 Å². The number of nitrogens with zero attached hydrogens (tertiary/aromatic N) is 3. The minimum atomic E-state index is -0.161. The summed E-state index contributed by atoms with van der Waals surface area (Å²) < 4.78 is 5.91. The number of guanidine groups is 1. The Hall–Kier alpha value is -1.67. The van der Waals surface area contributed by atoms with Crippen molar-refractivity contribution >= 4 is 28.9 Å². The van der Waals surface area contributed by atoms with Gasteiger partial charge in [0.05, 0.1) is 24.8 Å². The predicted octanol–water partition coefficient (Wildman–Crippen LogP) is 3.62. The number of aryl methyl sites for hydroxylation is 1. The van der Waals surface area contributed by atoms with Crippen molar-refractivity contribution in [3.05, 3.63) is 50.9 Å². The molecule has 6 nitrogen and oxygen atoms in total. The van der Waals surface area contributed by atoms with Gasteiger partial charge in [-0.15, -0.1) is 11.3 Å². The molecule has 1 aliphatic rings. The summed E-state index contributed by atoms with van der Waals surface area (Å²) >= 11 is 7.81. The standard InChI is InChI=1S/C21H30ClN5OS/c1-15-11-24-19(29-15)13-26-20(23-4)25-12-18(16-5-7-17(22)8-6-16)27-9-10-28-21(2,3)14-27/h5-8,11,18H,9-10,12-14H2,1-4H3,(H2,23,25,26). The topological polar surface area (TPSA) is 61.8 Å². The van der Waals surface area contributed by atoms with Gasteiger partial charge in [-0.2, -0.15) is 0 Å². The van der Waals surface area contributed by atoms with Crippen molar-refractivity contribution < 1.29 is 4.74 Å². The van der Waals surface area contributed by atoms with E-state index in [-0.39, 0.29) is 11.6 Å². The third-order valence-corrected chi connectivity index (χ3v) is 6.08. The average Bonchev–Trinajstić information content (AvgIpc) is 3.10. The molecular weight excluding hydrogens is 406 g/mol. The van der Waals surface area contributed by atoms with Gasteiger partial charge in [-0.1, -0.05) is 23.7 Å². The van der Waals surface area contributed by atoms with Gasteiger partial charge in [0.15, 0.2) is 5.96 Å². The lowest BCUT2D eigenvalue weighted by molar-refractivity contribution is -0.0971. The second-order valence-electron chi connectivity index (χ2n) is 7.82. The van der Waals surface area contributed by atoms with Gasteiger partial charge in [-0.3, -0.25) is 9.89 Å². The first-order valence-corrected chi connectivity index (χ1v) is 11.0. The first-order valence-electron chi connectivity index (χ1n) is 9.85. The SMILES string of the molecule is CN=C(NCc1ncc(C)s1)NCC(c1ccc(Cl)cc1)N1CCOC(C)(C)C1. The van der Waals surface area contributed by atoms with Gasteiger partial charge in [-0.05, 0) is 38.5 Å². The minimum absolute atomic E-state index is 0.161. The maximum Gasteiger partial charge on any atom is 0.191 e. The molecule has 0 saturated carbocycles. The highest BCUT2D eigenvalue weighted by Crippen LogP contribution is 2.27. The van der Waals surface area contributed by atoms with E-state index in [0.29, 0.717) is 6.54 Å². The Bertz CT molecular complexity index is 821. The third kappa shape index (κ3) is 6.40. The van der Waals surface area contributed by atoms with Gasteiger partial charge in [-0.25, -0.2) is 4.98 Å². The Balaban J connectivity index is 1.67. The van der Waals surface area contributed by atoms with Crippen molar-refractivity contribution in [1.29, 1.82) is 0 Å². The molecule has 0 bridgehead atoms. The van der Waals surface area contributed by atoms with E-state index in [1.807, 2.05) is 18.3 Å². The number of hydrogen-bond acceptors (Lipinski definition) is 5. The van der Waals surface area contributed by atoms with Crippen molar-refractivity contribution in [1.82, 2.24) is 20.5 Å². The zero-order chi connectivity index (χ0) is 20.9. The van der Waals surface area contributed by atoms with Crippen molar-refractivity contribution in [2.75, 3.05) is 33.3 Å². The number of benzene rings is 1. The van der Waals surface area contributed by atoms with E-state index >= 15 is 0 Å². The number of nitrogens with one attached hydrogen (secondary N) is 2. The van der Waals surface area contributed by atoms with E-state index < -0.39 is 0 Å². The summed E-state index contributed by atoms with van der Waals surface area (Å²) in [4.78, 5) is 12.5. The number of aliphatic imine (C=N–C) groups is 1. The van der Waals surface area contributed by atoms with Crippen LogP contribution in [0.2, 0.25) is 5.02 Å². The molecule has 29 heavy (non-hydrogen) atoms. The molecule has 2 heterocycles. The van der Waals surface area contributed by atoms with Gasteiger partial charge in [0.2, 0.25) is 0 Å². The molecule has 1 unspecified atom stereocenters. The second kappa shape index (κ2) is 9.89. The van der Waals surface area contributed by atoms with Gasteiger partial charge in [0.1, 0.15) is 5.01 Å². The monoisotopic (exact) mass is 435 g/mol. The predicted molar refractivity (Wildman–Crippen MR) is 121 cm³/mol. The first kappa shape index (κ1) is 22.0. The van der Waals surface area contributed by atoms with Crippen LogP contribution in [0.4, 0.5) is 0 Å². The van der Waals surface area contributed by atoms with E-state index in [1.54, 1.807) is 18.4 Å². The smallest absolute Gasteiger partial charge is 0.191 e. The molecular formula is C21H30ClN5OS. The number of thiazole rings is 1. The van der Waals surface area contributed by atoms with Crippen LogP contribution in [0, 0.1) is 6.92 Å². The number of rotatable bonds is 6. The number of morpholine rings is 1. The summed E-state index contributed by atoms with van der Waals surface area (Å²) in [6.07, 6.45) is 1.90. The average molecular weight is 436 g/mol. The highest BCUT2D eigenvalue weighted by molar-refractivity contribution is 7.11. The second-order valence-corrected chi connectivity index (χ2v) is 9.57. The molecule has 1 aromatic carbocycles. The van der Waals surface area contributed by atoms with Crippen molar-refractivity contribution in [3.63, 3.8) is 0 Å². The van der Waals surface area contributed by atoms with Crippen LogP contribution in [0.5, 0.6) is 0 Å². The van der Waals surface area contributed by atoms with Gasteiger partial charge < -0.3 is 15.4 Å². The maximum atomic E-state index is 6.12. The summed E-state index contributed by atoms with van der Waals surface area (Å²) in [7, 11) is 1.79. The lowest BCUT2D eigenvalue weighted by Crippen LogP contribution is -2.52. The Kier molecular flexibility index (Phi) is 7.51. The van der Waals surface area contributed by atoms with Crippen LogP contribution in [0.15, 0.2) is 35.5 Å². The minimum Gasteiger partial charge on any atom is -0.373 e. The molecule has 2 aromatic rings. The van der Waals surface area contributed by atoms with Crippen LogP contribution in [0.3, 0.4) is 0 Å². The fourth-order valence-corrected chi connectivity index (χ4v) is 4.37. The van der Waals surface area contributed by atoms with Gasteiger partial charge in [0, 0.05) is 42.8 Å². The number of halogens is 1. The molecule has 2 N–H and O–H groups in total. The molecule has 1 aromatic heterocycles. The molecule has 3 rings (SSSR count). The Labute approximate surface area is 182 Å². The van der Waals surface area contributed by atoms with Crippen LogP contribution in [0.25, 0.3) is 0 Å². The van der Waals surface area contributed by atoms with Crippen LogP contribution < -0.4 is 10.6 Å². The number of hydrogen-bond donors (Lipinski definition) is 2. The molecule has 1 fully saturated rings. The summed E-state index contributed by atoms with van der Waals surface area (Å²) in [5, 5.41) is 8.64. The molecule has 1 aliphatic heterocycles. The van der Waals surface area contributed by atoms with Gasteiger partial charge in [0.25, 0.3) is 0 Å². The normalized spacial score (nSPS) is 18.4. The number of aromatic nitrogens is 1. The molecule has 158 valence electrons. The van der Waals surface area contributed by atoms with Crippen molar-refractivity contribution in [3.8, 4) is 0 Å². The van der Waals surface area contributed by atoms with E-state index in [0.717, 1.165) is 42.2 Å². The summed E-state index contributed by atoms with van der Waals surface area (Å²) in [6, 6.07) is 8.30. The fraction of sp³-hybridized carbons (Fsp3) is 0.524. The Morgan fingerprint density at radius 2 is 2.10 bits per heavy atom. The lowest BCUT2D eigenvalue weighted by atomic mass is 10.0. The molecule has 0 radical (unpaired) electrons. The first-order chi connectivity index (χ1) is 13.9. The molecule has 0 spiro atoms. The van der Waals surface area contributed by atoms with Crippen LogP contribution in [-0.2, 0) is 11.3 Å². The van der Waals surface area contributed by atoms with Crippen LogP contribution >= 0.6 is 22.9 Å². The van der Waals surface area contributed by atoms with E-state index in [2.05, 4.69) is 58.4 Å².